The quantitative estimate of drug-likeness (QED) is 0.861. The fraction of sp³-hybridized carbons (Fsp3) is 0.588. The fourth-order valence-electron chi connectivity index (χ4n) is 3.44. The summed E-state index contributed by atoms with van der Waals surface area (Å²) in [6.07, 6.45) is 2.13. The Bertz CT molecular complexity index is 579. The van der Waals surface area contributed by atoms with Gasteiger partial charge in [-0.05, 0) is 50.1 Å². The third kappa shape index (κ3) is 3.14. The molecular weight excluding hydrogens is 283 g/mol. The van der Waals surface area contributed by atoms with Gasteiger partial charge >= 0.3 is 0 Å². The van der Waals surface area contributed by atoms with Crippen molar-refractivity contribution in [3.63, 3.8) is 0 Å². The standard InChI is InChI=1S/C17H21FN2O2/c1-17(21-7-8-22-17)15-3-2-6-20(12-15)11-14-9-16(18)5-4-13(14)10-19/h4-5,9,15H,2-3,6-8,11-12H2,1H3/t15-/m1/s1. The van der Waals surface area contributed by atoms with Gasteiger partial charge < -0.3 is 9.47 Å². The largest absolute Gasteiger partial charge is 0.347 e. The molecule has 0 radical (unpaired) electrons. The Morgan fingerprint density at radius 2 is 2.18 bits per heavy atom. The molecule has 0 N–H and O–H groups in total. The molecule has 22 heavy (non-hydrogen) atoms. The Morgan fingerprint density at radius 3 is 2.91 bits per heavy atom. The first-order valence-electron chi connectivity index (χ1n) is 7.79. The number of piperidine rings is 1. The molecule has 0 unspecified atom stereocenters. The Morgan fingerprint density at radius 1 is 1.41 bits per heavy atom. The Balaban J connectivity index is 1.71. The second-order valence-corrected chi connectivity index (χ2v) is 6.20. The van der Waals surface area contributed by atoms with Crippen molar-refractivity contribution < 1.29 is 13.9 Å². The third-order valence-electron chi connectivity index (χ3n) is 4.69. The highest BCUT2D eigenvalue weighted by Gasteiger charge is 2.41. The predicted octanol–water partition coefficient (Wildman–Crippen LogP) is 2.67. The summed E-state index contributed by atoms with van der Waals surface area (Å²) >= 11 is 0. The summed E-state index contributed by atoms with van der Waals surface area (Å²) in [6, 6.07) is 6.50. The zero-order chi connectivity index (χ0) is 15.6. The van der Waals surface area contributed by atoms with Crippen molar-refractivity contribution in [3.05, 3.63) is 35.1 Å². The maximum atomic E-state index is 13.5. The van der Waals surface area contributed by atoms with E-state index in [0.29, 0.717) is 31.2 Å². The number of nitrogens with zero attached hydrogens (tertiary/aromatic N) is 2. The van der Waals surface area contributed by atoms with Crippen molar-refractivity contribution in [2.24, 2.45) is 5.92 Å². The van der Waals surface area contributed by atoms with E-state index in [-0.39, 0.29) is 5.82 Å². The molecule has 3 rings (SSSR count). The number of halogens is 1. The average molecular weight is 304 g/mol. The van der Waals surface area contributed by atoms with E-state index in [9.17, 15) is 9.65 Å². The van der Waals surface area contributed by atoms with Crippen LogP contribution in [-0.4, -0.2) is 37.0 Å². The Hall–Kier alpha value is -1.48. The van der Waals surface area contributed by atoms with Crippen molar-refractivity contribution in [2.75, 3.05) is 26.3 Å². The summed E-state index contributed by atoms with van der Waals surface area (Å²) in [5.41, 5.74) is 1.30. The van der Waals surface area contributed by atoms with E-state index in [1.54, 1.807) is 6.07 Å². The summed E-state index contributed by atoms with van der Waals surface area (Å²) in [5.74, 6) is -0.488. The van der Waals surface area contributed by atoms with E-state index in [0.717, 1.165) is 31.5 Å². The van der Waals surface area contributed by atoms with Crippen molar-refractivity contribution in [3.8, 4) is 6.07 Å². The van der Waals surface area contributed by atoms with E-state index in [1.165, 1.54) is 12.1 Å². The molecule has 0 aliphatic carbocycles. The first-order chi connectivity index (χ1) is 10.6. The van der Waals surface area contributed by atoms with Crippen LogP contribution >= 0.6 is 0 Å². The van der Waals surface area contributed by atoms with Gasteiger partial charge in [-0.15, -0.1) is 0 Å². The molecule has 4 nitrogen and oxygen atoms in total. The molecule has 0 aromatic heterocycles. The van der Waals surface area contributed by atoms with Crippen LogP contribution in [0, 0.1) is 23.1 Å². The highest BCUT2D eigenvalue weighted by molar-refractivity contribution is 5.37. The Kier molecular flexibility index (Phi) is 4.44. The van der Waals surface area contributed by atoms with E-state index >= 15 is 0 Å². The van der Waals surface area contributed by atoms with Gasteiger partial charge in [-0.25, -0.2) is 4.39 Å². The van der Waals surface area contributed by atoms with Crippen LogP contribution in [0.3, 0.4) is 0 Å². The molecule has 1 aromatic carbocycles. The smallest absolute Gasteiger partial charge is 0.169 e. The number of hydrogen-bond donors (Lipinski definition) is 0. The average Bonchev–Trinajstić information content (AvgIpc) is 2.96. The van der Waals surface area contributed by atoms with Crippen molar-refractivity contribution in [2.45, 2.75) is 32.1 Å². The molecule has 0 bridgehead atoms. The van der Waals surface area contributed by atoms with Crippen LogP contribution in [-0.2, 0) is 16.0 Å². The van der Waals surface area contributed by atoms with E-state index in [4.69, 9.17) is 9.47 Å². The number of benzene rings is 1. The lowest BCUT2D eigenvalue weighted by atomic mass is 9.90. The second-order valence-electron chi connectivity index (χ2n) is 6.20. The number of ether oxygens (including phenoxy) is 2. The molecule has 2 aliphatic rings. The minimum absolute atomic E-state index is 0.294. The van der Waals surface area contributed by atoms with Gasteiger partial charge in [0, 0.05) is 19.0 Å². The van der Waals surface area contributed by atoms with E-state index < -0.39 is 5.79 Å². The van der Waals surface area contributed by atoms with Gasteiger partial charge in [0.1, 0.15) is 5.82 Å². The van der Waals surface area contributed by atoms with Gasteiger partial charge in [0.15, 0.2) is 5.79 Å². The SMILES string of the molecule is CC1([C@@H]2CCCN(Cc3cc(F)ccc3C#N)C2)OCCO1. The van der Waals surface area contributed by atoms with Gasteiger partial charge in [-0.3, -0.25) is 4.90 Å². The van der Waals surface area contributed by atoms with Gasteiger partial charge in [0.05, 0.1) is 24.8 Å². The second kappa shape index (κ2) is 6.33. The lowest BCUT2D eigenvalue weighted by Gasteiger charge is -2.40. The van der Waals surface area contributed by atoms with Gasteiger partial charge in [0.25, 0.3) is 0 Å². The zero-order valence-electron chi connectivity index (χ0n) is 12.8. The summed E-state index contributed by atoms with van der Waals surface area (Å²) in [4.78, 5) is 2.26. The molecule has 0 amide bonds. The molecule has 0 spiro atoms. The number of hydrogen-bond acceptors (Lipinski definition) is 4. The molecule has 2 heterocycles. The van der Waals surface area contributed by atoms with Crippen LogP contribution in [0.5, 0.6) is 0 Å². The first kappa shape index (κ1) is 15.4. The lowest BCUT2D eigenvalue weighted by Crippen LogP contribution is -2.46. The fourth-order valence-corrected chi connectivity index (χ4v) is 3.44. The molecule has 2 aliphatic heterocycles. The van der Waals surface area contributed by atoms with Gasteiger partial charge in [-0.2, -0.15) is 5.26 Å². The molecule has 1 atom stereocenters. The predicted molar refractivity (Wildman–Crippen MR) is 79.4 cm³/mol. The van der Waals surface area contributed by atoms with Crippen LogP contribution < -0.4 is 0 Å². The van der Waals surface area contributed by atoms with Crippen LogP contribution in [0.2, 0.25) is 0 Å². The third-order valence-corrected chi connectivity index (χ3v) is 4.69. The maximum absolute atomic E-state index is 13.5. The normalized spacial score (nSPS) is 25.0. The molecule has 2 saturated heterocycles. The lowest BCUT2D eigenvalue weighted by molar-refractivity contribution is -0.192. The minimum atomic E-state index is -0.501. The van der Waals surface area contributed by atoms with E-state index in [2.05, 4.69) is 11.0 Å². The highest BCUT2D eigenvalue weighted by Crippen LogP contribution is 2.34. The topological polar surface area (TPSA) is 45.5 Å². The molecule has 1 aromatic rings. The van der Waals surface area contributed by atoms with Gasteiger partial charge in [-0.1, -0.05) is 0 Å². The molecule has 0 saturated carbocycles. The van der Waals surface area contributed by atoms with Crippen molar-refractivity contribution in [1.29, 1.82) is 5.26 Å². The highest BCUT2D eigenvalue weighted by atomic mass is 19.1. The van der Waals surface area contributed by atoms with E-state index in [1.807, 2.05) is 6.92 Å². The van der Waals surface area contributed by atoms with Gasteiger partial charge in [0.2, 0.25) is 0 Å². The molecular formula is C17H21FN2O2. The maximum Gasteiger partial charge on any atom is 0.169 e. The van der Waals surface area contributed by atoms with Crippen LogP contribution in [0.15, 0.2) is 18.2 Å². The molecule has 2 fully saturated rings. The molecule has 118 valence electrons. The monoisotopic (exact) mass is 304 g/mol. The molecule has 5 heteroatoms. The Labute approximate surface area is 130 Å². The van der Waals surface area contributed by atoms with Crippen LogP contribution in [0.4, 0.5) is 4.39 Å². The first-order valence-corrected chi connectivity index (χ1v) is 7.79. The zero-order valence-corrected chi connectivity index (χ0v) is 12.8. The number of nitriles is 1. The summed E-state index contributed by atoms with van der Waals surface area (Å²) in [5, 5.41) is 9.17. The van der Waals surface area contributed by atoms with Crippen molar-refractivity contribution >= 4 is 0 Å². The van der Waals surface area contributed by atoms with Crippen molar-refractivity contribution in [1.82, 2.24) is 4.90 Å². The number of likely N-dealkylation sites (tertiary alicyclic amines) is 1. The summed E-state index contributed by atoms with van der Waals surface area (Å²) in [6.45, 7) is 5.70. The van der Waals surface area contributed by atoms with Crippen LogP contribution in [0.1, 0.15) is 30.9 Å². The summed E-state index contributed by atoms with van der Waals surface area (Å²) in [7, 11) is 0. The number of rotatable bonds is 3. The summed E-state index contributed by atoms with van der Waals surface area (Å²) < 4.78 is 25.0. The minimum Gasteiger partial charge on any atom is -0.347 e. The van der Waals surface area contributed by atoms with Crippen LogP contribution in [0.25, 0.3) is 0 Å².